The van der Waals surface area contributed by atoms with E-state index in [0.717, 1.165) is 27.8 Å². The van der Waals surface area contributed by atoms with Crippen molar-refractivity contribution in [3.05, 3.63) is 397 Å². The van der Waals surface area contributed by atoms with Gasteiger partial charge in [0.15, 0.2) is 5.78 Å². The van der Waals surface area contributed by atoms with Crippen LogP contribution in [0.1, 0.15) is 111 Å². The zero-order valence-corrected chi connectivity index (χ0v) is 66.2. The molecule has 12 nitrogen and oxygen atoms in total. The number of fused-ring (bicyclic) bond motifs is 4. The summed E-state index contributed by atoms with van der Waals surface area (Å²) in [6.45, 7) is 6.07. The number of hydrogen-bond acceptors (Lipinski definition) is 8. The molecule has 10 aromatic carbocycles. The van der Waals surface area contributed by atoms with Crippen LogP contribution in [0.25, 0.3) is 43.6 Å². The normalized spacial score (nSPS) is 11.6. The van der Waals surface area contributed by atoms with Crippen LogP contribution in [0.2, 0.25) is 0 Å². The molecule has 0 aliphatic heterocycles. The van der Waals surface area contributed by atoms with Crippen molar-refractivity contribution in [2.75, 3.05) is 0 Å². The van der Waals surface area contributed by atoms with Crippen LogP contribution in [-0.4, -0.2) is 52.2 Å². The predicted octanol–water partition coefficient (Wildman–Crippen LogP) is 21.2. The van der Waals surface area contributed by atoms with E-state index in [9.17, 15) is 86.9 Å². The van der Waals surface area contributed by atoms with Gasteiger partial charge in [-0.05, 0) is 122 Å². The van der Waals surface area contributed by atoms with E-state index in [0.29, 0.717) is 45.4 Å². The SMILES string of the molecule is C#CC(C)(C)O.CC(C)(O)C#Cc1ccc2[nH]c(=O)cc(C(F)(F)F)c2c1.O=C(c1ccccc1)c1ccccc1.O=c1cc(C(F)(F)F)c2cc(Br)ccc2[nH]1.O=c1cc(C(F)(F)F)c2cc(C(O)(c3ccccc3)c3ccccc3)ccc2[nH]1.O=c1cc(C(F)(F)F)c2cc(C(c3ccccc3)c3ccccc3)ccc2[nH]1.[Cl][Pd][Cl]. The molecule has 0 saturated heterocycles. The van der Waals surface area contributed by atoms with Crippen LogP contribution in [0.4, 0.5) is 52.7 Å². The number of aromatic nitrogens is 4. The Hall–Kier alpha value is -11.4. The molecule has 0 aliphatic rings. The van der Waals surface area contributed by atoms with Crippen LogP contribution in [0.15, 0.2) is 303 Å². The summed E-state index contributed by atoms with van der Waals surface area (Å²) in [7, 11) is 9.63. The topological polar surface area (TPSA) is 209 Å². The van der Waals surface area contributed by atoms with E-state index in [4.69, 9.17) is 30.6 Å². The second kappa shape index (κ2) is 39.5. The van der Waals surface area contributed by atoms with Crippen molar-refractivity contribution < 1.29 is 88.7 Å². The first-order valence-electron chi connectivity index (χ1n) is 34.5. The number of rotatable bonds is 8. The molecule has 14 aromatic rings. The summed E-state index contributed by atoms with van der Waals surface area (Å²) >= 11 is 2.99. The number of benzene rings is 10. The van der Waals surface area contributed by atoms with Crippen LogP contribution in [0.3, 0.4) is 0 Å². The molecule has 0 aliphatic carbocycles. The molecule has 14 rings (SSSR count). The van der Waals surface area contributed by atoms with Crippen LogP contribution < -0.4 is 22.2 Å². The van der Waals surface area contributed by atoms with Crippen molar-refractivity contribution in [2.45, 2.75) is 75.1 Å². The van der Waals surface area contributed by atoms with Crippen LogP contribution in [0, 0.1) is 24.2 Å². The first-order valence-corrected chi connectivity index (χ1v) is 39.3. The van der Waals surface area contributed by atoms with E-state index < -0.39 is 86.0 Å². The van der Waals surface area contributed by atoms with Crippen molar-refractivity contribution in [3.63, 3.8) is 0 Å². The molecule has 0 fully saturated rings. The molecular weight excluding hydrogens is 1740 g/mol. The Morgan fingerprint density at radius 1 is 0.385 bits per heavy atom. The third kappa shape index (κ3) is 25.5. The van der Waals surface area contributed by atoms with E-state index in [1.54, 1.807) is 92.7 Å². The predicted molar refractivity (Wildman–Crippen MR) is 431 cm³/mol. The van der Waals surface area contributed by atoms with E-state index in [-0.39, 0.29) is 76.8 Å². The van der Waals surface area contributed by atoms with E-state index in [1.807, 2.05) is 121 Å². The summed E-state index contributed by atoms with van der Waals surface area (Å²) in [6, 6.07) is 75.0. The van der Waals surface area contributed by atoms with Crippen molar-refractivity contribution in [2.24, 2.45) is 0 Å². The van der Waals surface area contributed by atoms with E-state index in [2.05, 4.69) is 53.6 Å². The molecule has 0 atom stereocenters. The molecule has 606 valence electrons. The number of carbonyl (C=O) groups is 1. The van der Waals surface area contributed by atoms with Crippen LogP contribution in [0.5, 0.6) is 0 Å². The maximum atomic E-state index is 13.6. The second-order valence-electron chi connectivity index (χ2n) is 26.5. The average Bonchev–Trinajstić information content (AvgIpc) is 0.741. The summed E-state index contributed by atoms with van der Waals surface area (Å²) in [4.78, 5) is 67.1. The van der Waals surface area contributed by atoms with Gasteiger partial charge in [-0.15, -0.1) is 6.42 Å². The van der Waals surface area contributed by atoms with Crippen molar-refractivity contribution in [1.82, 2.24) is 19.9 Å². The third-order valence-corrected chi connectivity index (χ3v) is 17.4. The number of terminal acetylenes is 1. The number of ketones is 1. The Balaban J connectivity index is 0.000000182. The first-order chi connectivity index (χ1) is 55.0. The molecule has 0 radical (unpaired) electrons. The molecule has 117 heavy (non-hydrogen) atoms. The Morgan fingerprint density at radius 2 is 0.684 bits per heavy atom. The van der Waals surface area contributed by atoms with Gasteiger partial charge in [0.25, 0.3) is 0 Å². The Morgan fingerprint density at radius 3 is 1.03 bits per heavy atom. The first kappa shape index (κ1) is 91.1. The molecule has 0 saturated carbocycles. The molecule has 7 N–H and O–H groups in total. The molecule has 0 bridgehead atoms. The standard InChI is InChI=1S/C23H16F3NO2.C23H16F3NO.C15H12F3NO2.C13H10O.C10H5BrF3NO.C5H8O.2ClH.Pd/c24-23(25,26)19-14-21(28)27-20-12-11-17(13-18(19)20)22(29,15-7-3-1-4-8-15)16-9-5-2-6-10-16;24-23(25,26)19-14-21(28)27-20-12-11-17(13-18(19)20)22(15-7-3-1-4-8-15)16-9-5-2-6-10-16;1-14(2,21)6-5-9-3-4-12-10(7-9)11(15(16,17)18)8-13(20)19-12;14-13(11-7-3-1-4-8-11)12-9-5-2-6-10-12;11-5-1-2-8-6(3-5)7(10(12,13)14)4-9(16)15-8;1-4-5(2,3)6;;;/h1-14,29H,(H,27,28);1-14,22H,(H,27,28);3-4,7-8,21H,1-2H3,(H,19,20);1-10H;1-4H,(H,15,16);1,6H,2-3H3;2*1H;/q;;;;;;;;+2/p-2. The van der Waals surface area contributed by atoms with E-state index in [1.165, 1.54) is 68.4 Å². The minimum absolute atomic E-state index is 0.0125. The number of aliphatic hydroxyl groups is 3. The van der Waals surface area contributed by atoms with Crippen LogP contribution in [-0.2, 0) is 46.2 Å². The number of pyridine rings is 4. The quantitative estimate of drug-likeness (QED) is 0.0255. The van der Waals surface area contributed by atoms with E-state index >= 15 is 0 Å². The van der Waals surface area contributed by atoms with Gasteiger partial charge in [0, 0.05) is 95.0 Å². The van der Waals surface area contributed by atoms with Crippen LogP contribution >= 0.6 is 35.0 Å². The molecule has 4 heterocycles. The number of halogens is 15. The van der Waals surface area contributed by atoms with Gasteiger partial charge in [-0.2, -0.15) is 52.7 Å². The van der Waals surface area contributed by atoms with Gasteiger partial charge in [-0.3, -0.25) is 24.0 Å². The molecule has 0 unspecified atom stereocenters. The molecule has 0 spiro atoms. The van der Waals surface area contributed by atoms with Crippen molar-refractivity contribution in [1.29, 1.82) is 0 Å². The molecular formula is C89H67BrCl2F12N4O8Pd. The fraction of sp³-hybridized carbons (Fsp3) is 0.135. The molecule has 4 aromatic heterocycles. The Kier molecular flexibility index (Phi) is 30.8. The number of aromatic amines is 4. The summed E-state index contributed by atoms with van der Waals surface area (Å²) in [5, 5.41) is 29.5. The fourth-order valence-electron chi connectivity index (χ4n) is 11.7. The summed E-state index contributed by atoms with van der Waals surface area (Å²) < 4.78 is 159. The number of alkyl halides is 12. The zero-order valence-electron chi connectivity index (χ0n) is 61.6. The summed E-state index contributed by atoms with van der Waals surface area (Å²) in [6.07, 6.45) is -13.7. The molecule has 0 amide bonds. The van der Waals surface area contributed by atoms with Gasteiger partial charge in [-0.25, -0.2) is 0 Å². The average molecular weight is 1810 g/mol. The summed E-state index contributed by atoms with van der Waals surface area (Å²) in [5.41, 5.74) is -4.67. The van der Waals surface area contributed by atoms with Gasteiger partial charge in [0.2, 0.25) is 22.2 Å². The van der Waals surface area contributed by atoms with Gasteiger partial charge in [0.05, 0.1) is 22.3 Å². The van der Waals surface area contributed by atoms with Gasteiger partial charge >= 0.3 is 59.7 Å². The fourth-order valence-corrected chi connectivity index (χ4v) is 12.1. The Labute approximate surface area is 685 Å². The van der Waals surface area contributed by atoms with Crippen molar-refractivity contribution >= 4 is 84.4 Å². The monoisotopic (exact) mass is 1800 g/mol. The third-order valence-electron chi connectivity index (χ3n) is 16.9. The zero-order chi connectivity index (χ0) is 85.8. The second-order valence-corrected chi connectivity index (χ2v) is 29.8. The van der Waals surface area contributed by atoms with Gasteiger partial charge < -0.3 is 35.3 Å². The number of nitrogens with one attached hydrogen (secondary N) is 4. The van der Waals surface area contributed by atoms with Gasteiger partial charge in [-0.1, -0.05) is 228 Å². The number of hydrogen-bond donors (Lipinski definition) is 7. The molecule has 28 heteroatoms. The van der Waals surface area contributed by atoms with Gasteiger partial charge in [0.1, 0.15) is 16.8 Å². The number of carbonyl (C=O) groups excluding carboxylic acids is 1. The number of H-pyrrole nitrogens is 4. The minimum atomic E-state index is -4.71. The summed E-state index contributed by atoms with van der Waals surface area (Å²) in [5.74, 6) is 7.15. The maximum absolute atomic E-state index is 13.6. The Bertz CT molecular complexity index is 5990. The van der Waals surface area contributed by atoms with Crippen molar-refractivity contribution in [3.8, 4) is 24.2 Å².